The van der Waals surface area contributed by atoms with E-state index < -0.39 is 10.0 Å². The monoisotopic (exact) mass is 395 g/mol. The molecule has 0 aromatic heterocycles. The molecular weight excluding hydrogens is 382 g/mol. The summed E-state index contributed by atoms with van der Waals surface area (Å²) < 4.78 is 27.4. The molecule has 1 aliphatic rings. The average Bonchev–Trinajstić information content (AvgIpc) is 2.46. The van der Waals surface area contributed by atoms with Crippen molar-refractivity contribution in [2.75, 3.05) is 13.1 Å². The highest BCUT2D eigenvalue weighted by atomic mass is 79.9. The topological polar surface area (TPSA) is 96.0 Å². The van der Waals surface area contributed by atoms with Crippen LogP contribution < -0.4 is 5.73 Å². The third-order valence-electron chi connectivity index (χ3n) is 3.43. The second-order valence-corrected chi connectivity index (χ2v) is 8.03. The Bertz CT molecular complexity index is 666. The minimum absolute atomic E-state index is 0.0526. The number of nitrogens with zero attached hydrogens (tertiary/aromatic N) is 2. The third-order valence-corrected chi connectivity index (χ3v) is 6.27. The van der Waals surface area contributed by atoms with E-state index in [-0.39, 0.29) is 28.2 Å². The minimum atomic E-state index is -3.70. The van der Waals surface area contributed by atoms with Gasteiger partial charge in [0.15, 0.2) is 0 Å². The summed E-state index contributed by atoms with van der Waals surface area (Å²) in [4.78, 5) is 0.0625. The van der Waals surface area contributed by atoms with Gasteiger partial charge < -0.3 is 10.9 Å². The molecule has 21 heavy (non-hydrogen) atoms. The van der Waals surface area contributed by atoms with Crippen LogP contribution in [0, 0.1) is 5.92 Å². The molecule has 116 valence electrons. The number of nitrogens with two attached hydrogens (primary N) is 1. The second-order valence-electron chi connectivity index (χ2n) is 4.80. The maximum atomic E-state index is 12.7. The second kappa shape index (κ2) is 6.51. The van der Waals surface area contributed by atoms with Gasteiger partial charge in [-0.3, -0.25) is 0 Å². The fourth-order valence-electron chi connectivity index (χ4n) is 2.31. The molecule has 1 saturated heterocycles. The molecule has 6 nitrogen and oxygen atoms in total. The first-order valence-electron chi connectivity index (χ1n) is 6.29. The maximum Gasteiger partial charge on any atom is 0.244 e. The highest BCUT2D eigenvalue weighted by Gasteiger charge is 2.33. The van der Waals surface area contributed by atoms with E-state index in [1.54, 1.807) is 12.1 Å². The van der Waals surface area contributed by atoms with Crippen LogP contribution in [0.25, 0.3) is 0 Å². The Morgan fingerprint density at radius 1 is 1.52 bits per heavy atom. The molecule has 0 amide bonds. The molecule has 9 heteroatoms. The molecule has 2 rings (SSSR count). The van der Waals surface area contributed by atoms with E-state index in [9.17, 15) is 8.42 Å². The van der Waals surface area contributed by atoms with E-state index in [4.69, 9.17) is 22.5 Å². The summed E-state index contributed by atoms with van der Waals surface area (Å²) in [5, 5.41) is 11.9. The number of halogens is 2. The van der Waals surface area contributed by atoms with Gasteiger partial charge in [0, 0.05) is 23.5 Å². The summed E-state index contributed by atoms with van der Waals surface area (Å²) in [7, 11) is -3.70. The van der Waals surface area contributed by atoms with Crippen LogP contribution in [0.15, 0.2) is 32.7 Å². The molecule has 0 bridgehead atoms. The molecule has 1 aliphatic heterocycles. The molecule has 1 aromatic carbocycles. The number of rotatable bonds is 3. The van der Waals surface area contributed by atoms with E-state index in [2.05, 4.69) is 21.1 Å². The van der Waals surface area contributed by atoms with Crippen molar-refractivity contribution in [3.63, 3.8) is 0 Å². The number of oxime groups is 1. The maximum absolute atomic E-state index is 12.7. The molecule has 0 spiro atoms. The zero-order valence-corrected chi connectivity index (χ0v) is 14.2. The van der Waals surface area contributed by atoms with Gasteiger partial charge in [-0.25, -0.2) is 8.42 Å². The molecule has 0 radical (unpaired) electrons. The van der Waals surface area contributed by atoms with Crippen molar-refractivity contribution in [1.82, 2.24) is 4.31 Å². The van der Waals surface area contributed by atoms with Gasteiger partial charge in [-0.2, -0.15) is 4.31 Å². The summed E-state index contributed by atoms with van der Waals surface area (Å²) in [6.07, 6.45) is 1.34. The van der Waals surface area contributed by atoms with Gasteiger partial charge in [-0.05, 0) is 31.0 Å². The summed E-state index contributed by atoms with van der Waals surface area (Å²) in [5.41, 5.74) is 5.59. The predicted molar refractivity (Wildman–Crippen MR) is 84.0 cm³/mol. The van der Waals surface area contributed by atoms with Gasteiger partial charge in [0.2, 0.25) is 10.0 Å². The van der Waals surface area contributed by atoms with Crippen LogP contribution in [0.4, 0.5) is 0 Å². The highest BCUT2D eigenvalue weighted by molar-refractivity contribution is 9.10. The van der Waals surface area contributed by atoms with Gasteiger partial charge >= 0.3 is 0 Å². The molecule has 1 unspecified atom stereocenters. The Labute approximate surface area is 136 Å². The highest BCUT2D eigenvalue weighted by Crippen LogP contribution is 2.30. The zero-order valence-electron chi connectivity index (χ0n) is 11.0. The van der Waals surface area contributed by atoms with E-state index in [1.165, 1.54) is 10.4 Å². The van der Waals surface area contributed by atoms with Crippen LogP contribution in [0.1, 0.15) is 12.8 Å². The lowest BCUT2D eigenvalue weighted by Gasteiger charge is -2.31. The van der Waals surface area contributed by atoms with E-state index in [1.807, 2.05) is 0 Å². The largest absolute Gasteiger partial charge is 0.409 e. The van der Waals surface area contributed by atoms with Crippen LogP contribution in [0.3, 0.4) is 0 Å². The van der Waals surface area contributed by atoms with Gasteiger partial charge in [-0.1, -0.05) is 32.7 Å². The van der Waals surface area contributed by atoms with Gasteiger partial charge in [-0.15, -0.1) is 0 Å². The summed E-state index contributed by atoms with van der Waals surface area (Å²) >= 11 is 9.28. The molecule has 3 N–H and O–H groups in total. The van der Waals surface area contributed by atoms with Gasteiger partial charge in [0.25, 0.3) is 0 Å². The Kier molecular flexibility index (Phi) is 5.13. The Hall–Kier alpha value is -0.830. The smallest absolute Gasteiger partial charge is 0.244 e. The molecule has 1 atom stereocenters. The van der Waals surface area contributed by atoms with E-state index >= 15 is 0 Å². The average molecular weight is 397 g/mol. The summed E-state index contributed by atoms with van der Waals surface area (Å²) in [5.74, 6) is -0.232. The van der Waals surface area contributed by atoms with Crippen molar-refractivity contribution in [2.45, 2.75) is 17.7 Å². The first-order chi connectivity index (χ1) is 9.86. The Morgan fingerprint density at radius 3 is 2.86 bits per heavy atom. The number of benzene rings is 1. The number of sulfonamides is 1. The first kappa shape index (κ1) is 16.5. The lowest BCUT2D eigenvalue weighted by Crippen LogP contribution is -2.44. The normalized spacial score (nSPS) is 21.4. The number of amidine groups is 1. The molecule has 1 fully saturated rings. The van der Waals surface area contributed by atoms with Crippen molar-refractivity contribution in [3.8, 4) is 0 Å². The summed E-state index contributed by atoms with van der Waals surface area (Å²) in [6.45, 7) is 0.578. The summed E-state index contributed by atoms with van der Waals surface area (Å²) in [6, 6.07) is 4.64. The fraction of sp³-hybridized carbons (Fsp3) is 0.417. The number of piperidine rings is 1. The van der Waals surface area contributed by atoms with Crippen molar-refractivity contribution in [1.29, 1.82) is 0 Å². The quantitative estimate of drug-likeness (QED) is 0.354. The molecule has 1 aromatic rings. The van der Waals surface area contributed by atoms with Crippen molar-refractivity contribution in [2.24, 2.45) is 16.8 Å². The Balaban J connectivity index is 2.31. The van der Waals surface area contributed by atoms with Crippen LogP contribution in [0.5, 0.6) is 0 Å². The molecular formula is C12H15BrClN3O3S. The van der Waals surface area contributed by atoms with Crippen LogP contribution in [-0.4, -0.2) is 36.9 Å². The minimum Gasteiger partial charge on any atom is -0.409 e. The third kappa shape index (κ3) is 3.50. The first-order valence-corrected chi connectivity index (χ1v) is 8.90. The fourth-order valence-corrected chi connectivity index (χ4v) is 4.84. The standard InChI is InChI=1S/C12H15BrClN3O3S/c13-9-3-4-11(10(14)6-9)21(19,20)17-5-1-2-8(7-17)12(15)16-18/h3-4,6,8,18H,1-2,5,7H2,(H2,15,16). The molecule has 0 saturated carbocycles. The van der Waals surface area contributed by atoms with Crippen LogP contribution >= 0.6 is 27.5 Å². The SMILES string of the molecule is NC(=NO)C1CCCN(S(=O)(=O)c2ccc(Br)cc2Cl)C1. The number of hydrogen-bond donors (Lipinski definition) is 2. The predicted octanol–water partition coefficient (Wildman–Crippen LogP) is 2.25. The lowest BCUT2D eigenvalue weighted by molar-refractivity contribution is 0.287. The molecule has 0 aliphatic carbocycles. The van der Waals surface area contributed by atoms with E-state index in [0.717, 1.165) is 0 Å². The number of hydrogen-bond acceptors (Lipinski definition) is 4. The molecule has 1 heterocycles. The van der Waals surface area contributed by atoms with Crippen LogP contribution in [0.2, 0.25) is 5.02 Å². The van der Waals surface area contributed by atoms with E-state index in [0.29, 0.717) is 23.9 Å². The lowest BCUT2D eigenvalue weighted by atomic mass is 9.99. The van der Waals surface area contributed by atoms with Gasteiger partial charge in [0.1, 0.15) is 10.7 Å². The Morgan fingerprint density at radius 2 is 2.24 bits per heavy atom. The van der Waals surface area contributed by atoms with Crippen molar-refractivity contribution < 1.29 is 13.6 Å². The van der Waals surface area contributed by atoms with Crippen molar-refractivity contribution >= 4 is 43.4 Å². The van der Waals surface area contributed by atoms with Crippen molar-refractivity contribution in [3.05, 3.63) is 27.7 Å². The van der Waals surface area contributed by atoms with Gasteiger partial charge in [0.05, 0.1) is 5.02 Å². The zero-order chi connectivity index (χ0) is 15.6. The van der Waals surface area contributed by atoms with Crippen LogP contribution in [-0.2, 0) is 10.0 Å².